The number of halogens is 1. The maximum atomic E-state index is 13.8. The van der Waals surface area contributed by atoms with Gasteiger partial charge in [0, 0.05) is 18.9 Å². The number of aryl methyl sites for hydroxylation is 1. The van der Waals surface area contributed by atoms with Gasteiger partial charge in [-0.25, -0.2) is 9.18 Å². The Morgan fingerprint density at radius 1 is 1.17 bits per heavy atom. The van der Waals surface area contributed by atoms with Crippen LogP contribution in [-0.4, -0.2) is 15.5 Å². The first-order valence-corrected chi connectivity index (χ1v) is 7.56. The molecule has 2 aromatic heterocycles. The van der Waals surface area contributed by atoms with Gasteiger partial charge in [0.05, 0.1) is 25.0 Å². The van der Waals surface area contributed by atoms with Crippen molar-refractivity contribution < 1.29 is 13.6 Å². The van der Waals surface area contributed by atoms with Gasteiger partial charge in [0.2, 0.25) is 0 Å². The van der Waals surface area contributed by atoms with E-state index in [2.05, 4.69) is 5.32 Å². The third-order valence-corrected chi connectivity index (χ3v) is 3.73. The molecule has 24 heavy (non-hydrogen) atoms. The molecule has 6 heteroatoms. The van der Waals surface area contributed by atoms with E-state index in [0.29, 0.717) is 18.8 Å². The number of carbonyl (C=O) groups is 1. The summed E-state index contributed by atoms with van der Waals surface area (Å²) in [6, 6.07) is 13.1. The molecule has 0 saturated carbocycles. The minimum atomic E-state index is -0.470. The quantitative estimate of drug-likeness (QED) is 0.770. The fourth-order valence-corrected chi connectivity index (χ4v) is 2.40. The number of hydrogen-bond acceptors (Lipinski definition) is 2. The maximum absolute atomic E-state index is 13.8. The highest BCUT2D eigenvalue weighted by atomic mass is 19.1. The topological polar surface area (TPSA) is 50.4 Å². The fourth-order valence-electron chi connectivity index (χ4n) is 2.40. The molecule has 0 aliphatic carbocycles. The molecule has 0 aliphatic rings. The molecule has 3 rings (SSSR count). The van der Waals surface area contributed by atoms with E-state index in [0.717, 1.165) is 5.69 Å². The largest absolute Gasteiger partial charge is 0.467 e. The van der Waals surface area contributed by atoms with E-state index in [1.54, 1.807) is 35.4 Å². The van der Waals surface area contributed by atoms with E-state index in [9.17, 15) is 9.18 Å². The van der Waals surface area contributed by atoms with Gasteiger partial charge in [-0.15, -0.1) is 0 Å². The number of anilines is 1. The third kappa shape index (κ3) is 3.65. The van der Waals surface area contributed by atoms with Gasteiger partial charge in [0.15, 0.2) is 0 Å². The maximum Gasteiger partial charge on any atom is 0.322 e. The lowest BCUT2D eigenvalue weighted by molar-refractivity contribution is 0.199. The molecule has 1 N–H and O–H groups in total. The summed E-state index contributed by atoms with van der Waals surface area (Å²) in [5.41, 5.74) is 1.11. The summed E-state index contributed by atoms with van der Waals surface area (Å²) in [5.74, 6) is 0.190. The van der Waals surface area contributed by atoms with Crippen LogP contribution in [0.5, 0.6) is 0 Å². The zero-order valence-electron chi connectivity index (χ0n) is 13.3. The Morgan fingerprint density at radius 3 is 2.67 bits per heavy atom. The molecule has 1 aromatic carbocycles. The highest BCUT2D eigenvalue weighted by molar-refractivity contribution is 5.89. The number of para-hydroxylation sites is 1. The molecule has 0 aliphatic heterocycles. The predicted molar refractivity (Wildman–Crippen MR) is 88.8 cm³/mol. The third-order valence-electron chi connectivity index (χ3n) is 3.73. The molecular formula is C18H18FN3O2. The van der Waals surface area contributed by atoms with Crippen molar-refractivity contribution in [2.45, 2.75) is 13.1 Å². The highest BCUT2D eigenvalue weighted by Gasteiger charge is 2.18. The summed E-state index contributed by atoms with van der Waals surface area (Å²) in [6.45, 7) is 0.670. The van der Waals surface area contributed by atoms with Crippen LogP contribution in [0.4, 0.5) is 14.9 Å². The number of amides is 2. The summed E-state index contributed by atoms with van der Waals surface area (Å²) >= 11 is 0. The number of aromatic nitrogens is 1. The Kier molecular flexibility index (Phi) is 4.65. The van der Waals surface area contributed by atoms with Gasteiger partial charge < -0.3 is 19.2 Å². The molecule has 3 aromatic rings. The minimum Gasteiger partial charge on any atom is -0.467 e. The molecular weight excluding hydrogens is 309 g/mol. The van der Waals surface area contributed by atoms with E-state index in [1.165, 1.54) is 12.1 Å². The number of rotatable bonds is 5. The van der Waals surface area contributed by atoms with E-state index in [4.69, 9.17) is 4.42 Å². The number of urea groups is 1. The highest BCUT2D eigenvalue weighted by Crippen LogP contribution is 2.16. The molecule has 0 atom stereocenters. The molecule has 0 saturated heterocycles. The summed E-state index contributed by atoms with van der Waals surface area (Å²) in [5, 5.41) is 2.62. The van der Waals surface area contributed by atoms with Crippen molar-refractivity contribution in [3.05, 3.63) is 78.3 Å². The van der Waals surface area contributed by atoms with Gasteiger partial charge in [-0.3, -0.25) is 0 Å². The number of nitrogens with zero attached hydrogens (tertiary/aromatic N) is 2. The molecule has 0 radical (unpaired) electrons. The summed E-state index contributed by atoms with van der Waals surface area (Å²) in [4.78, 5) is 14.2. The van der Waals surface area contributed by atoms with Gasteiger partial charge in [0.1, 0.15) is 11.6 Å². The number of carbonyl (C=O) groups excluding carboxylic acids is 1. The Bertz CT molecular complexity index is 811. The molecule has 2 amide bonds. The Hall–Kier alpha value is -3.02. The second kappa shape index (κ2) is 7.04. The van der Waals surface area contributed by atoms with Crippen LogP contribution in [-0.2, 0) is 20.1 Å². The van der Waals surface area contributed by atoms with Gasteiger partial charge >= 0.3 is 6.03 Å². The zero-order valence-corrected chi connectivity index (χ0v) is 13.3. The van der Waals surface area contributed by atoms with Crippen LogP contribution < -0.4 is 5.32 Å². The van der Waals surface area contributed by atoms with E-state index in [1.807, 2.05) is 29.9 Å². The van der Waals surface area contributed by atoms with Crippen molar-refractivity contribution in [1.29, 1.82) is 0 Å². The molecule has 0 bridgehead atoms. The molecule has 5 nitrogen and oxygen atoms in total. The van der Waals surface area contributed by atoms with Gasteiger partial charge in [0.25, 0.3) is 0 Å². The van der Waals surface area contributed by atoms with E-state index >= 15 is 0 Å². The van der Waals surface area contributed by atoms with Crippen molar-refractivity contribution >= 4 is 11.7 Å². The Morgan fingerprint density at radius 2 is 2.00 bits per heavy atom. The first-order chi connectivity index (χ1) is 11.6. The van der Waals surface area contributed by atoms with Crippen LogP contribution in [0.2, 0.25) is 0 Å². The van der Waals surface area contributed by atoms with Crippen molar-refractivity contribution in [3.8, 4) is 0 Å². The SMILES string of the molecule is Cn1cccc1CN(Cc1ccco1)C(=O)Nc1ccccc1F. The van der Waals surface area contributed by atoms with Crippen molar-refractivity contribution in [2.75, 3.05) is 5.32 Å². The van der Waals surface area contributed by atoms with Gasteiger partial charge in [-0.1, -0.05) is 12.1 Å². The minimum absolute atomic E-state index is 0.152. The lowest BCUT2D eigenvalue weighted by Gasteiger charge is -2.22. The standard InChI is InChI=1S/C18H18FN3O2/c1-21-10-4-6-14(21)12-22(13-15-7-5-11-24-15)18(23)20-17-9-3-2-8-16(17)19/h2-11H,12-13H2,1H3,(H,20,23). The van der Waals surface area contributed by atoms with Crippen molar-refractivity contribution in [1.82, 2.24) is 9.47 Å². The van der Waals surface area contributed by atoms with E-state index < -0.39 is 11.8 Å². The first kappa shape index (κ1) is 15.9. The van der Waals surface area contributed by atoms with Crippen LogP contribution in [0.1, 0.15) is 11.5 Å². The summed E-state index contributed by atoms with van der Waals surface area (Å²) < 4.78 is 21.0. The van der Waals surface area contributed by atoms with Crippen molar-refractivity contribution in [3.63, 3.8) is 0 Å². The average molecular weight is 327 g/mol. The monoisotopic (exact) mass is 327 g/mol. The molecule has 0 unspecified atom stereocenters. The molecule has 0 spiro atoms. The fraction of sp³-hybridized carbons (Fsp3) is 0.167. The van der Waals surface area contributed by atoms with Gasteiger partial charge in [-0.2, -0.15) is 0 Å². The Balaban J connectivity index is 1.79. The molecule has 124 valence electrons. The second-order valence-corrected chi connectivity index (χ2v) is 5.46. The van der Waals surface area contributed by atoms with Crippen LogP contribution in [0, 0.1) is 5.82 Å². The lowest BCUT2D eigenvalue weighted by Crippen LogP contribution is -2.34. The Labute approximate surface area is 139 Å². The van der Waals surface area contributed by atoms with E-state index in [-0.39, 0.29) is 5.69 Å². The zero-order chi connectivity index (χ0) is 16.9. The average Bonchev–Trinajstić information content (AvgIpc) is 3.21. The lowest BCUT2D eigenvalue weighted by atomic mass is 10.3. The number of hydrogen-bond donors (Lipinski definition) is 1. The van der Waals surface area contributed by atoms with Crippen LogP contribution in [0.15, 0.2) is 65.4 Å². The molecule has 2 heterocycles. The van der Waals surface area contributed by atoms with Gasteiger partial charge in [-0.05, 0) is 36.4 Å². The summed E-state index contributed by atoms with van der Waals surface area (Å²) in [7, 11) is 1.91. The first-order valence-electron chi connectivity index (χ1n) is 7.56. The molecule has 0 fully saturated rings. The normalized spacial score (nSPS) is 10.6. The van der Waals surface area contributed by atoms with Crippen LogP contribution in [0.3, 0.4) is 0 Å². The smallest absolute Gasteiger partial charge is 0.322 e. The van der Waals surface area contributed by atoms with Crippen molar-refractivity contribution in [2.24, 2.45) is 7.05 Å². The predicted octanol–water partition coefficient (Wildman–Crippen LogP) is 3.99. The number of furan rings is 1. The van der Waals surface area contributed by atoms with Crippen LogP contribution in [0.25, 0.3) is 0 Å². The second-order valence-electron chi connectivity index (χ2n) is 5.46. The number of benzene rings is 1. The summed E-state index contributed by atoms with van der Waals surface area (Å²) in [6.07, 6.45) is 3.47. The van der Waals surface area contributed by atoms with Crippen LogP contribution >= 0.6 is 0 Å². The number of nitrogens with one attached hydrogen (secondary N) is 1.